The minimum absolute atomic E-state index is 0.0876. The molecule has 0 bridgehead atoms. The van der Waals surface area contributed by atoms with Gasteiger partial charge in [-0.25, -0.2) is 0 Å². The van der Waals surface area contributed by atoms with Gasteiger partial charge in [-0.05, 0) is 70.4 Å². The van der Waals surface area contributed by atoms with Crippen molar-refractivity contribution in [2.24, 2.45) is 19.3 Å². The van der Waals surface area contributed by atoms with E-state index in [0.29, 0.717) is 0 Å². The van der Waals surface area contributed by atoms with E-state index in [1.54, 1.807) is 50.3 Å². The van der Waals surface area contributed by atoms with Crippen LogP contribution in [-0.2, 0) is 20.6 Å². The van der Waals surface area contributed by atoms with E-state index in [-0.39, 0.29) is 36.1 Å². The number of nitrogens with zero attached hydrogens (tertiary/aromatic N) is 4. The standard InChI is InChI=1S/C18H20N4O8S2/c1-13-5-7-15(19-21-31(23,24)25)17(11-13)29-9-3-4-10-30-18-12-14(2)6-8-16(18)20-22-32(26,27)28/h3-8,11-12H,9-10H2,1-2H3,(H,23,24,25)(H,26,27,28)/b4-3+,21-19+,22-20+. The van der Waals surface area contributed by atoms with Gasteiger partial charge in [0, 0.05) is 0 Å². The summed E-state index contributed by atoms with van der Waals surface area (Å²) in [7, 11) is -9.23. The lowest BCUT2D eigenvalue weighted by Crippen LogP contribution is -1.98. The summed E-state index contributed by atoms with van der Waals surface area (Å²) in [6, 6.07) is 9.59. The van der Waals surface area contributed by atoms with E-state index in [4.69, 9.17) is 18.6 Å². The lowest BCUT2D eigenvalue weighted by atomic mass is 10.2. The fourth-order valence-electron chi connectivity index (χ4n) is 2.24. The van der Waals surface area contributed by atoms with Crippen LogP contribution in [0.1, 0.15) is 11.1 Å². The van der Waals surface area contributed by atoms with Crippen LogP contribution in [0.15, 0.2) is 67.8 Å². The largest absolute Gasteiger partial charge is 0.487 e. The first-order valence-corrected chi connectivity index (χ1v) is 11.6. The van der Waals surface area contributed by atoms with Crippen molar-refractivity contribution in [2.45, 2.75) is 13.8 Å². The Balaban J connectivity index is 2.00. The summed E-state index contributed by atoms with van der Waals surface area (Å²) in [5.74, 6) is 0.518. The molecule has 2 aromatic rings. The minimum atomic E-state index is -4.62. The van der Waals surface area contributed by atoms with E-state index in [1.807, 2.05) is 0 Å². The quantitative estimate of drug-likeness (QED) is 0.288. The third-order valence-corrected chi connectivity index (χ3v) is 4.15. The summed E-state index contributed by atoms with van der Waals surface area (Å²) in [5.41, 5.74) is 1.91. The van der Waals surface area contributed by atoms with E-state index in [9.17, 15) is 16.8 Å². The number of ether oxygens (including phenoxy) is 2. The molecule has 0 unspecified atom stereocenters. The molecule has 0 saturated heterocycles. The van der Waals surface area contributed by atoms with Crippen molar-refractivity contribution >= 4 is 32.0 Å². The summed E-state index contributed by atoms with van der Waals surface area (Å²) in [6.45, 7) is 3.78. The highest BCUT2D eigenvalue weighted by atomic mass is 32.2. The number of hydrogen-bond donors (Lipinski definition) is 2. The first-order chi connectivity index (χ1) is 14.9. The predicted molar refractivity (Wildman–Crippen MR) is 115 cm³/mol. The average Bonchev–Trinajstić information content (AvgIpc) is 2.68. The Morgan fingerprint density at radius 3 is 1.47 bits per heavy atom. The van der Waals surface area contributed by atoms with Crippen molar-refractivity contribution in [3.8, 4) is 11.5 Å². The molecule has 2 N–H and O–H groups in total. The average molecular weight is 485 g/mol. The number of benzene rings is 2. The first-order valence-electron chi connectivity index (χ1n) is 8.86. The lowest BCUT2D eigenvalue weighted by Gasteiger charge is -2.08. The van der Waals surface area contributed by atoms with Crippen molar-refractivity contribution in [3.05, 3.63) is 59.7 Å². The minimum Gasteiger partial charge on any atom is -0.487 e. The summed E-state index contributed by atoms with van der Waals surface area (Å²) >= 11 is 0. The normalized spacial score (nSPS) is 12.8. The fourth-order valence-corrected chi connectivity index (χ4v) is 2.62. The lowest BCUT2D eigenvalue weighted by molar-refractivity contribution is 0.351. The maximum atomic E-state index is 10.7. The molecule has 0 spiro atoms. The Hall–Kier alpha value is -3.20. The van der Waals surface area contributed by atoms with Crippen LogP contribution in [0.25, 0.3) is 0 Å². The van der Waals surface area contributed by atoms with Crippen molar-refractivity contribution < 1.29 is 35.4 Å². The number of rotatable bonds is 10. The molecule has 0 aliphatic rings. The zero-order valence-corrected chi connectivity index (χ0v) is 18.6. The van der Waals surface area contributed by atoms with Crippen LogP contribution < -0.4 is 9.47 Å². The van der Waals surface area contributed by atoms with Crippen molar-refractivity contribution in [1.29, 1.82) is 0 Å². The van der Waals surface area contributed by atoms with Gasteiger partial charge in [-0.1, -0.05) is 12.1 Å². The molecule has 0 fully saturated rings. The van der Waals surface area contributed by atoms with E-state index in [0.717, 1.165) is 11.1 Å². The highest BCUT2D eigenvalue weighted by Crippen LogP contribution is 2.30. The fraction of sp³-hybridized carbons (Fsp3) is 0.222. The first kappa shape index (κ1) is 25.1. The Morgan fingerprint density at radius 2 is 1.12 bits per heavy atom. The monoisotopic (exact) mass is 484 g/mol. The molecular weight excluding hydrogens is 464 g/mol. The van der Waals surface area contributed by atoms with Gasteiger partial charge in [-0.2, -0.15) is 16.8 Å². The number of aryl methyl sites for hydroxylation is 2. The topological polar surface area (TPSA) is 177 Å². The second-order valence-corrected chi connectivity index (χ2v) is 8.41. The second kappa shape index (κ2) is 10.9. The molecule has 172 valence electrons. The SMILES string of the molecule is Cc1ccc(/N=N/S(=O)(=O)O)c(OC/C=C/COc2cc(C)ccc2/N=N/S(=O)(=O)O)c1. The van der Waals surface area contributed by atoms with Crippen LogP contribution in [0, 0.1) is 13.8 Å². The van der Waals surface area contributed by atoms with Gasteiger partial charge >= 0.3 is 20.6 Å². The van der Waals surface area contributed by atoms with Gasteiger partial charge in [0.15, 0.2) is 0 Å². The highest BCUT2D eigenvalue weighted by Gasteiger charge is 2.07. The van der Waals surface area contributed by atoms with Gasteiger partial charge < -0.3 is 9.47 Å². The van der Waals surface area contributed by atoms with Gasteiger partial charge in [0.25, 0.3) is 0 Å². The molecule has 12 nitrogen and oxygen atoms in total. The molecule has 0 aliphatic carbocycles. The molecule has 0 saturated carbocycles. The molecule has 2 aromatic carbocycles. The number of hydrogen-bond acceptors (Lipinski definition) is 8. The maximum absolute atomic E-state index is 10.7. The second-order valence-electron chi connectivity index (χ2n) is 6.29. The van der Waals surface area contributed by atoms with E-state index < -0.39 is 20.6 Å². The van der Waals surface area contributed by atoms with E-state index >= 15 is 0 Å². The maximum Gasteiger partial charge on any atom is 0.396 e. The van der Waals surface area contributed by atoms with Gasteiger partial charge in [0.2, 0.25) is 0 Å². The summed E-state index contributed by atoms with van der Waals surface area (Å²) in [4.78, 5) is 0. The Morgan fingerprint density at radius 1 is 0.750 bits per heavy atom. The Kier molecular flexibility index (Phi) is 8.54. The molecule has 0 aromatic heterocycles. The zero-order chi connectivity index (χ0) is 23.8. The van der Waals surface area contributed by atoms with E-state index in [2.05, 4.69) is 19.3 Å². The van der Waals surface area contributed by atoms with Crippen molar-refractivity contribution in [1.82, 2.24) is 0 Å². The van der Waals surface area contributed by atoms with Gasteiger partial charge in [-0.3, -0.25) is 9.11 Å². The molecular formula is C18H20N4O8S2. The molecule has 0 heterocycles. The molecule has 0 atom stereocenters. The van der Waals surface area contributed by atoms with Crippen LogP contribution in [0.3, 0.4) is 0 Å². The molecule has 2 rings (SSSR count). The molecule has 0 radical (unpaired) electrons. The van der Waals surface area contributed by atoms with Crippen molar-refractivity contribution in [3.63, 3.8) is 0 Å². The Bertz CT molecular complexity index is 1160. The van der Waals surface area contributed by atoms with Crippen LogP contribution in [0.2, 0.25) is 0 Å². The summed E-state index contributed by atoms with van der Waals surface area (Å²) < 4.78 is 77.1. The van der Waals surface area contributed by atoms with Crippen LogP contribution >= 0.6 is 0 Å². The van der Waals surface area contributed by atoms with Crippen LogP contribution in [0.4, 0.5) is 11.4 Å². The molecule has 0 aliphatic heterocycles. The molecule has 0 amide bonds. The van der Waals surface area contributed by atoms with Crippen molar-refractivity contribution in [2.75, 3.05) is 13.2 Å². The Labute approximate surface area is 185 Å². The van der Waals surface area contributed by atoms with Crippen LogP contribution in [-0.4, -0.2) is 39.2 Å². The third-order valence-electron chi connectivity index (χ3n) is 3.57. The summed E-state index contributed by atoms with van der Waals surface area (Å²) in [6.07, 6.45) is 3.25. The predicted octanol–water partition coefficient (Wildman–Crippen LogP) is 4.09. The zero-order valence-electron chi connectivity index (χ0n) is 17.0. The molecule has 32 heavy (non-hydrogen) atoms. The van der Waals surface area contributed by atoms with Gasteiger partial charge in [-0.15, -0.1) is 10.2 Å². The van der Waals surface area contributed by atoms with Gasteiger partial charge in [0.1, 0.15) is 36.1 Å². The smallest absolute Gasteiger partial charge is 0.396 e. The summed E-state index contributed by atoms with van der Waals surface area (Å²) in [5, 5.41) is 6.92. The highest BCUT2D eigenvalue weighted by molar-refractivity contribution is 7.84. The van der Waals surface area contributed by atoms with E-state index in [1.165, 1.54) is 12.1 Å². The van der Waals surface area contributed by atoms with Gasteiger partial charge in [0.05, 0.1) is 0 Å². The molecule has 14 heteroatoms. The third kappa shape index (κ3) is 9.30. The van der Waals surface area contributed by atoms with Crippen LogP contribution in [0.5, 0.6) is 11.5 Å².